The summed E-state index contributed by atoms with van der Waals surface area (Å²) in [7, 11) is -4.30. The van der Waals surface area contributed by atoms with E-state index in [9.17, 15) is 13.2 Å². The molecule has 0 heterocycles. The van der Waals surface area contributed by atoms with Gasteiger partial charge >= 0.3 is 6.03 Å². The summed E-state index contributed by atoms with van der Waals surface area (Å²) in [4.78, 5) is 11.4. The Morgan fingerprint density at radius 2 is 1.83 bits per heavy atom. The van der Waals surface area contributed by atoms with Crippen LogP contribution < -0.4 is 15.4 Å². The quantitative estimate of drug-likeness (QED) is 0.554. The number of hydrogen-bond donors (Lipinski definition) is 3. The van der Waals surface area contributed by atoms with Crippen LogP contribution in [0.25, 0.3) is 0 Å². The Balaban J connectivity index is 1.79. The van der Waals surface area contributed by atoms with Gasteiger partial charge in [-0.05, 0) is 30.3 Å². The van der Waals surface area contributed by atoms with Crippen LogP contribution in [-0.4, -0.2) is 32.2 Å². The molecule has 0 saturated heterocycles. The lowest BCUT2D eigenvalue weighted by Crippen LogP contribution is -2.32. The normalized spacial score (nSPS) is 10.8. The van der Waals surface area contributed by atoms with Crippen LogP contribution in [-0.2, 0) is 10.1 Å². The van der Waals surface area contributed by atoms with Gasteiger partial charge in [-0.25, -0.2) is 4.79 Å². The van der Waals surface area contributed by atoms with Crippen molar-refractivity contribution in [2.45, 2.75) is 4.90 Å². The van der Waals surface area contributed by atoms with E-state index in [1.807, 2.05) is 18.2 Å². The highest BCUT2D eigenvalue weighted by Gasteiger charge is 2.10. The van der Waals surface area contributed by atoms with Crippen molar-refractivity contribution in [3.8, 4) is 5.75 Å². The first-order chi connectivity index (χ1) is 10.9. The summed E-state index contributed by atoms with van der Waals surface area (Å²) >= 11 is 0. The highest BCUT2D eigenvalue weighted by molar-refractivity contribution is 7.85. The number of para-hydroxylation sites is 1. The van der Waals surface area contributed by atoms with Crippen LogP contribution in [0, 0.1) is 0 Å². The Hall–Kier alpha value is -2.58. The standard InChI is InChI=1S/C15H16N2O5S/c18-15(16-9-10-22-13-6-2-1-3-7-13)17-12-5-4-8-14(11-12)23(19,20)21/h1-8,11H,9-10H2,(H2,16,17,18)(H,19,20,21). The molecule has 0 fully saturated rings. The molecule has 122 valence electrons. The van der Waals surface area contributed by atoms with Crippen molar-refractivity contribution in [2.24, 2.45) is 0 Å². The molecule has 7 nitrogen and oxygen atoms in total. The molecule has 3 N–H and O–H groups in total. The highest BCUT2D eigenvalue weighted by atomic mass is 32.2. The van der Waals surface area contributed by atoms with Gasteiger partial charge in [-0.3, -0.25) is 4.55 Å². The molecule has 0 radical (unpaired) electrons. The molecule has 2 aromatic carbocycles. The molecular weight excluding hydrogens is 320 g/mol. The molecule has 8 heteroatoms. The zero-order valence-electron chi connectivity index (χ0n) is 12.1. The molecule has 0 aliphatic rings. The van der Waals surface area contributed by atoms with Crippen LogP contribution in [0.5, 0.6) is 5.75 Å². The molecule has 2 rings (SSSR count). The highest BCUT2D eigenvalue weighted by Crippen LogP contribution is 2.14. The predicted molar refractivity (Wildman–Crippen MR) is 85.2 cm³/mol. The summed E-state index contributed by atoms with van der Waals surface area (Å²) in [6, 6.07) is 14.0. The Bertz CT molecular complexity index is 762. The van der Waals surface area contributed by atoms with Gasteiger partial charge in [0.15, 0.2) is 0 Å². The first kappa shape index (κ1) is 16.8. The molecule has 2 amide bonds. The van der Waals surface area contributed by atoms with Crippen molar-refractivity contribution in [1.82, 2.24) is 5.32 Å². The first-order valence-corrected chi connectivity index (χ1v) is 8.19. The smallest absolute Gasteiger partial charge is 0.319 e. The minimum atomic E-state index is -4.30. The van der Waals surface area contributed by atoms with Crippen molar-refractivity contribution in [3.05, 3.63) is 54.6 Å². The van der Waals surface area contributed by atoms with Crippen LogP contribution >= 0.6 is 0 Å². The van der Waals surface area contributed by atoms with Gasteiger partial charge < -0.3 is 15.4 Å². The van der Waals surface area contributed by atoms with Gasteiger partial charge in [-0.15, -0.1) is 0 Å². The molecule has 0 spiro atoms. The molecule has 0 atom stereocenters. The molecular formula is C15H16N2O5S. The molecule has 0 aliphatic carbocycles. The Morgan fingerprint density at radius 1 is 1.09 bits per heavy atom. The number of anilines is 1. The molecule has 0 bridgehead atoms. The minimum Gasteiger partial charge on any atom is -0.492 e. The fourth-order valence-electron chi connectivity index (χ4n) is 1.76. The summed E-state index contributed by atoms with van der Waals surface area (Å²) in [5.41, 5.74) is 0.251. The lowest BCUT2D eigenvalue weighted by Gasteiger charge is -2.09. The fourth-order valence-corrected chi connectivity index (χ4v) is 2.29. The van der Waals surface area contributed by atoms with Gasteiger partial charge in [0, 0.05) is 5.69 Å². The number of hydrogen-bond acceptors (Lipinski definition) is 4. The van der Waals surface area contributed by atoms with Gasteiger partial charge in [-0.2, -0.15) is 8.42 Å². The van der Waals surface area contributed by atoms with E-state index in [1.54, 1.807) is 12.1 Å². The SMILES string of the molecule is O=C(NCCOc1ccccc1)Nc1cccc(S(=O)(=O)O)c1. The monoisotopic (exact) mass is 336 g/mol. The number of carbonyl (C=O) groups is 1. The van der Waals surface area contributed by atoms with Gasteiger partial charge in [0.25, 0.3) is 10.1 Å². The number of urea groups is 1. The average Bonchev–Trinajstić information content (AvgIpc) is 2.52. The van der Waals surface area contributed by atoms with E-state index < -0.39 is 16.1 Å². The average molecular weight is 336 g/mol. The molecule has 0 aliphatic heterocycles. The maximum atomic E-state index is 11.7. The van der Waals surface area contributed by atoms with Crippen molar-refractivity contribution < 1.29 is 22.5 Å². The van der Waals surface area contributed by atoms with E-state index in [0.29, 0.717) is 12.4 Å². The van der Waals surface area contributed by atoms with E-state index in [0.717, 1.165) is 6.07 Å². The predicted octanol–water partition coefficient (Wildman–Crippen LogP) is 2.13. The summed E-state index contributed by atoms with van der Waals surface area (Å²) in [6.07, 6.45) is 0. The third kappa shape index (κ3) is 5.61. The number of rotatable bonds is 6. The summed E-state index contributed by atoms with van der Waals surface area (Å²) in [5, 5.41) is 5.04. The molecule has 2 aromatic rings. The Labute approximate surface area is 134 Å². The molecule has 0 unspecified atom stereocenters. The first-order valence-electron chi connectivity index (χ1n) is 6.75. The lowest BCUT2D eigenvalue weighted by atomic mass is 10.3. The minimum absolute atomic E-state index is 0.251. The van der Waals surface area contributed by atoms with Gasteiger partial charge in [0.05, 0.1) is 11.4 Å². The zero-order chi connectivity index (χ0) is 16.7. The van der Waals surface area contributed by atoms with Gasteiger partial charge in [0.1, 0.15) is 12.4 Å². The van der Waals surface area contributed by atoms with Crippen LogP contribution in [0.15, 0.2) is 59.5 Å². The Morgan fingerprint density at radius 3 is 2.52 bits per heavy atom. The van der Waals surface area contributed by atoms with Crippen molar-refractivity contribution in [2.75, 3.05) is 18.5 Å². The van der Waals surface area contributed by atoms with Gasteiger partial charge in [0.2, 0.25) is 0 Å². The second-order valence-corrected chi connectivity index (χ2v) is 5.97. The molecule has 0 aromatic heterocycles. The fraction of sp³-hybridized carbons (Fsp3) is 0.133. The van der Waals surface area contributed by atoms with Gasteiger partial charge in [-0.1, -0.05) is 24.3 Å². The Kier molecular flexibility index (Phi) is 5.56. The maximum absolute atomic E-state index is 11.7. The summed E-state index contributed by atoms with van der Waals surface area (Å²) in [6.45, 7) is 0.571. The van der Waals surface area contributed by atoms with Crippen LogP contribution in [0.3, 0.4) is 0 Å². The van der Waals surface area contributed by atoms with Crippen LogP contribution in [0.1, 0.15) is 0 Å². The van der Waals surface area contributed by atoms with E-state index in [1.165, 1.54) is 18.2 Å². The number of benzene rings is 2. The maximum Gasteiger partial charge on any atom is 0.319 e. The second kappa shape index (κ2) is 7.61. The molecule has 0 saturated carbocycles. The van der Waals surface area contributed by atoms with Crippen LogP contribution in [0.2, 0.25) is 0 Å². The summed E-state index contributed by atoms with van der Waals surface area (Å²) in [5.74, 6) is 0.704. The lowest BCUT2D eigenvalue weighted by molar-refractivity contribution is 0.247. The van der Waals surface area contributed by atoms with Crippen molar-refractivity contribution in [1.29, 1.82) is 0 Å². The molecule has 23 heavy (non-hydrogen) atoms. The van der Waals surface area contributed by atoms with Crippen molar-refractivity contribution in [3.63, 3.8) is 0 Å². The van der Waals surface area contributed by atoms with Crippen molar-refractivity contribution >= 4 is 21.8 Å². The van der Waals surface area contributed by atoms with E-state index in [4.69, 9.17) is 9.29 Å². The largest absolute Gasteiger partial charge is 0.492 e. The zero-order valence-corrected chi connectivity index (χ0v) is 12.9. The van der Waals surface area contributed by atoms with Crippen LogP contribution in [0.4, 0.5) is 10.5 Å². The summed E-state index contributed by atoms with van der Waals surface area (Å²) < 4.78 is 36.4. The van der Waals surface area contributed by atoms with E-state index >= 15 is 0 Å². The third-order valence-electron chi connectivity index (χ3n) is 2.79. The number of ether oxygens (including phenoxy) is 1. The number of nitrogens with one attached hydrogen (secondary N) is 2. The second-order valence-electron chi connectivity index (χ2n) is 4.55. The topological polar surface area (TPSA) is 105 Å². The number of carbonyl (C=O) groups excluding carboxylic acids is 1. The van der Waals surface area contributed by atoms with E-state index in [2.05, 4.69) is 10.6 Å². The number of amides is 2. The van der Waals surface area contributed by atoms with E-state index in [-0.39, 0.29) is 17.1 Å². The third-order valence-corrected chi connectivity index (χ3v) is 3.64.